The summed E-state index contributed by atoms with van der Waals surface area (Å²) in [5.74, 6) is 3.28. The maximum atomic E-state index is 6.81. The molecule has 5 aromatic carbocycles. The largest absolute Gasteiger partial charge is 0.457 e. The quantitative estimate of drug-likeness (QED) is 0.201. The molecule has 0 N–H and O–H groups in total. The summed E-state index contributed by atoms with van der Waals surface area (Å²) in [5.41, 5.74) is 8.80. The van der Waals surface area contributed by atoms with Gasteiger partial charge in [-0.1, -0.05) is 78.9 Å². The van der Waals surface area contributed by atoms with Crippen molar-refractivity contribution in [2.45, 2.75) is 5.41 Å². The van der Waals surface area contributed by atoms with Gasteiger partial charge in [-0.05, 0) is 48.5 Å². The molecule has 0 bridgehead atoms. The molecular weight excluding hydrogens is 566 g/mol. The van der Waals surface area contributed by atoms with Gasteiger partial charge in [0.1, 0.15) is 23.0 Å². The average Bonchev–Trinajstić information content (AvgIpc) is 3.46. The molecule has 1 atom stereocenters. The van der Waals surface area contributed by atoms with Crippen LogP contribution in [0.4, 0.5) is 0 Å². The number of aromatic nitrogens is 3. The Bertz CT molecular complexity index is 2430. The Balaban J connectivity index is 1.27. The van der Waals surface area contributed by atoms with Gasteiger partial charge in [-0.25, -0.2) is 0 Å². The van der Waals surface area contributed by atoms with Crippen molar-refractivity contribution in [2.24, 2.45) is 0 Å². The predicted octanol–water partition coefficient (Wildman–Crippen LogP) is 9.83. The highest BCUT2D eigenvalue weighted by atomic mass is 16.5. The smallest absolute Gasteiger partial charge is 0.134 e. The van der Waals surface area contributed by atoms with Gasteiger partial charge in [-0.3, -0.25) is 9.97 Å². The van der Waals surface area contributed by atoms with Crippen LogP contribution >= 0.6 is 0 Å². The molecule has 2 aliphatic rings. The molecule has 5 nitrogen and oxygen atoms in total. The van der Waals surface area contributed by atoms with Crippen LogP contribution in [0.25, 0.3) is 38.8 Å². The number of rotatable bonds is 2. The van der Waals surface area contributed by atoms with Crippen molar-refractivity contribution < 1.29 is 9.47 Å². The predicted molar refractivity (Wildman–Crippen MR) is 180 cm³/mol. The summed E-state index contributed by atoms with van der Waals surface area (Å²) in [4.78, 5) is 9.05. The molecule has 1 unspecified atom stereocenters. The maximum absolute atomic E-state index is 6.81. The van der Waals surface area contributed by atoms with Crippen molar-refractivity contribution in [3.8, 4) is 39.9 Å². The van der Waals surface area contributed by atoms with E-state index in [1.165, 1.54) is 5.39 Å². The molecule has 5 heterocycles. The molecule has 46 heavy (non-hydrogen) atoms. The summed E-state index contributed by atoms with van der Waals surface area (Å²) in [6.45, 7) is 0. The van der Waals surface area contributed by atoms with Gasteiger partial charge in [0.25, 0.3) is 0 Å². The Morgan fingerprint density at radius 3 is 1.93 bits per heavy atom. The molecule has 0 aliphatic carbocycles. The van der Waals surface area contributed by atoms with Crippen LogP contribution in [-0.4, -0.2) is 14.5 Å². The van der Waals surface area contributed by atoms with Crippen LogP contribution in [0.2, 0.25) is 0 Å². The monoisotopic (exact) mass is 591 g/mol. The lowest BCUT2D eigenvalue weighted by Crippen LogP contribution is -2.36. The molecule has 0 fully saturated rings. The molecule has 0 saturated heterocycles. The van der Waals surface area contributed by atoms with Crippen molar-refractivity contribution >= 4 is 21.8 Å². The summed E-state index contributed by atoms with van der Waals surface area (Å²) >= 11 is 0. The first-order valence-corrected chi connectivity index (χ1v) is 15.4. The van der Waals surface area contributed by atoms with Gasteiger partial charge in [0.2, 0.25) is 0 Å². The standard InChI is InChI=1S/C41H25N3O2/c1-4-13-35-28(9-1)29-25-42-22-20-36(29)44(35)27-17-19-33-40(24-27)46-38-15-6-3-11-31(38)41(33)30-10-2-5-14-37(30)45-39-23-26(16-18-32(39)41)34-12-7-8-21-43-34/h1-25H. The van der Waals surface area contributed by atoms with E-state index in [0.717, 1.165) is 78.6 Å². The van der Waals surface area contributed by atoms with E-state index < -0.39 is 5.41 Å². The van der Waals surface area contributed by atoms with E-state index in [1.54, 1.807) is 0 Å². The zero-order chi connectivity index (χ0) is 30.2. The highest BCUT2D eigenvalue weighted by molar-refractivity contribution is 6.08. The molecule has 0 amide bonds. The minimum atomic E-state index is -0.666. The van der Waals surface area contributed by atoms with Crippen molar-refractivity contribution in [3.63, 3.8) is 0 Å². The van der Waals surface area contributed by atoms with Crippen LogP contribution in [0.5, 0.6) is 23.0 Å². The molecule has 5 heteroatoms. The van der Waals surface area contributed by atoms with E-state index in [1.807, 2.05) is 48.9 Å². The first-order chi connectivity index (χ1) is 22.8. The molecule has 0 saturated carbocycles. The van der Waals surface area contributed by atoms with Crippen molar-refractivity contribution in [1.29, 1.82) is 0 Å². The van der Waals surface area contributed by atoms with Gasteiger partial charge < -0.3 is 14.0 Å². The summed E-state index contributed by atoms with van der Waals surface area (Å²) in [5, 5.41) is 2.29. The Morgan fingerprint density at radius 1 is 0.500 bits per heavy atom. The number of nitrogens with zero attached hydrogens (tertiary/aromatic N) is 3. The van der Waals surface area contributed by atoms with E-state index in [-0.39, 0.29) is 0 Å². The van der Waals surface area contributed by atoms with Gasteiger partial charge >= 0.3 is 0 Å². The fourth-order valence-corrected chi connectivity index (χ4v) is 7.59. The van der Waals surface area contributed by atoms with E-state index >= 15 is 0 Å². The minimum Gasteiger partial charge on any atom is -0.457 e. The van der Waals surface area contributed by atoms with E-state index in [4.69, 9.17) is 9.47 Å². The van der Waals surface area contributed by atoms with Gasteiger partial charge in [0, 0.05) is 68.9 Å². The lowest BCUT2D eigenvalue weighted by molar-refractivity contribution is 0.399. The van der Waals surface area contributed by atoms with Crippen LogP contribution < -0.4 is 9.47 Å². The molecule has 8 aromatic rings. The number of ether oxygens (including phenoxy) is 2. The Morgan fingerprint density at radius 2 is 1.15 bits per heavy atom. The summed E-state index contributed by atoms with van der Waals surface area (Å²) < 4.78 is 15.8. The second kappa shape index (κ2) is 9.40. The van der Waals surface area contributed by atoms with Crippen molar-refractivity contribution in [2.75, 3.05) is 0 Å². The first kappa shape index (κ1) is 25.2. The average molecular weight is 592 g/mol. The van der Waals surface area contributed by atoms with E-state index in [2.05, 4.69) is 118 Å². The Kier molecular flexibility index (Phi) is 5.14. The third-order valence-corrected chi connectivity index (χ3v) is 9.47. The second-order valence-electron chi connectivity index (χ2n) is 11.8. The number of benzene rings is 5. The Labute approximate surface area is 265 Å². The third-order valence-electron chi connectivity index (χ3n) is 9.47. The highest BCUT2D eigenvalue weighted by Crippen LogP contribution is 2.61. The van der Waals surface area contributed by atoms with Crippen LogP contribution in [0.15, 0.2) is 152 Å². The molecule has 2 aliphatic heterocycles. The number of pyridine rings is 2. The highest BCUT2D eigenvalue weighted by Gasteiger charge is 2.50. The van der Waals surface area contributed by atoms with Gasteiger partial charge in [-0.2, -0.15) is 0 Å². The van der Waals surface area contributed by atoms with Crippen LogP contribution in [-0.2, 0) is 5.41 Å². The molecule has 1 spiro atoms. The maximum Gasteiger partial charge on any atom is 0.134 e. The van der Waals surface area contributed by atoms with Crippen LogP contribution in [0, 0.1) is 0 Å². The SMILES string of the molecule is c1ccc(-c2ccc3c(c2)Oc2ccccc2C32c3ccccc3Oc3cc(-n4c5ccccc5c5cnccc54)ccc32)nc1. The molecule has 216 valence electrons. The third kappa shape index (κ3) is 3.34. The zero-order valence-electron chi connectivity index (χ0n) is 24.6. The second-order valence-corrected chi connectivity index (χ2v) is 11.8. The fourth-order valence-electron chi connectivity index (χ4n) is 7.59. The summed E-state index contributed by atoms with van der Waals surface area (Å²) in [7, 11) is 0. The zero-order valence-corrected chi connectivity index (χ0v) is 24.6. The van der Waals surface area contributed by atoms with E-state index in [9.17, 15) is 0 Å². The Hall–Kier alpha value is -6.20. The summed E-state index contributed by atoms with van der Waals surface area (Å²) in [6, 6.07) is 46.4. The van der Waals surface area contributed by atoms with Gasteiger partial charge in [0.05, 0.1) is 22.1 Å². The first-order valence-electron chi connectivity index (χ1n) is 15.4. The summed E-state index contributed by atoms with van der Waals surface area (Å²) in [6.07, 6.45) is 5.62. The van der Waals surface area contributed by atoms with Crippen molar-refractivity contribution in [3.05, 3.63) is 174 Å². The molecule has 10 rings (SSSR count). The van der Waals surface area contributed by atoms with Crippen molar-refractivity contribution in [1.82, 2.24) is 14.5 Å². The number of para-hydroxylation sites is 3. The number of hydrogen-bond donors (Lipinski definition) is 0. The van der Waals surface area contributed by atoms with Gasteiger partial charge in [-0.15, -0.1) is 0 Å². The molecule has 3 aromatic heterocycles. The lowest BCUT2D eigenvalue weighted by Gasteiger charge is -2.45. The number of hydrogen-bond acceptors (Lipinski definition) is 4. The van der Waals surface area contributed by atoms with E-state index in [0.29, 0.717) is 0 Å². The molecular formula is C41H25N3O2. The van der Waals surface area contributed by atoms with Crippen LogP contribution in [0.3, 0.4) is 0 Å². The fraction of sp³-hybridized carbons (Fsp3) is 0.0244. The van der Waals surface area contributed by atoms with Crippen LogP contribution in [0.1, 0.15) is 22.3 Å². The molecule has 0 radical (unpaired) electrons. The number of fused-ring (bicyclic) bond motifs is 11. The minimum absolute atomic E-state index is 0.666. The topological polar surface area (TPSA) is 49.2 Å². The normalized spacial score (nSPS) is 15.8. The van der Waals surface area contributed by atoms with Gasteiger partial charge in [0.15, 0.2) is 0 Å². The lowest BCUT2D eigenvalue weighted by atomic mass is 9.62.